The molecule has 0 atom stereocenters. The molecule has 0 aliphatic carbocycles. The summed E-state index contributed by atoms with van der Waals surface area (Å²) in [5.41, 5.74) is 0.873. The SMILES string of the molecule is CCOc1ccccc1OCc1cccc(NC)n1. The fraction of sp³-hybridized carbons (Fsp3) is 0.267. The fourth-order valence-corrected chi connectivity index (χ4v) is 1.70. The second-order valence-electron chi connectivity index (χ2n) is 3.93. The summed E-state index contributed by atoms with van der Waals surface area (Å²) in [6, 6.07) is 13.4. The number of nitrogens with one attached hydrogen (secondary N) is 1. The number of benzene rings is 1. The van der Waals surface area contributed by atoms with E-state index in [4.69, 9.17) is 9.47 Å². The third kappa shape index (κ3) is 3.61. The molecule has 0 bridgehead atoms. The van der Waals surface area contributed by atoms with Crippen LogP contribution in [0.15, 0.2) is 42.5 Å². The molecule has 19 heavy (non-hydrogen) atoms. The summed E-state index contributed by atoms with van der Waals surface area (Å²) >= 11 is 0. The zero-order chi connectivity index (χ0) is 13.5. The summed E-state index contributed by atoms with van der Waals surface area (Å²) in [6.07, 6.45) is 0. The van der Waals surface area contributed by atoms with Gasteiger partial charge in [-0.2, -0.15) is 0 Å². The Morgan fingerprint density at radius 3 is 2.42 bits per heavy atom. The molecule has 2 rings (SSSR count). The van der Waals surface area contributed by atoms with Crippen LogP contribution in [0.1, 0.15) is 12.6 Å². The van der Waals surface area contributed by atoms with E-state index >= 15 is 0 Å². The molecule has 0 amide bonds. The maximum atomic E-state index is 5.76. The fourth-order valence-electron chi connectivity index (χ4n) is 1.70. The largest absolute Gasteiger partial charge is 0.490 e. The molecule has 1 aromatic carbocycles. The average molecular weight is 258 g/mol. The van der Waals surface area contributed by atoms with Crippen molar-refractivity contribution in [3.8, 4) is 11.5 Å². The number of nitrogens with zero attached hydrogens (tertiary/aromatic N) is 1. The van der Waals surface area contributed by atoms with Crippen LogP contribution in [0.2, 0.25) is 0 Å². The smallest absolute Gasteiger partial charge is 0.161 e. The van der Waals surface area contributed by atoms with Gasteiger partial charge in [0, 0.05) is 7.05 Å². The normalized spacial score (nSPS) is 10.0. The van der Waals surface area contributed by atoms with Gasteiger partial charge in [0.1, 0.15) is 12.4 Å². The first-order valence-corrected chi connectivity index (χ1v) is 6.31. The first-order valence-electron chi connectivity index (χ1n) is 6.31. The molecule has 0 saturated heterocycles. The zero-order valence-corrected chi connectivity index (χ0v) is 11.2. The number of para-hydroxylation sites is 2. The van der Waals surface area contributed by atoms with Crippen molar-refractivity contribution < 1.29 is 9.47 Å². The molecule has 0 unspecified atom stereocenters. The van der Waals surface area contributed by atoms with Gasteiger partial charge in [-0.25, -0.2) is 4.98 Å². The minimum atomic E-state index is 0.416. The molecule has 0 fully saturated rings. The molecule has 100 valence electrons. The van der Waals surface area contributed by atoms with Gasteiger partial charge in [0.15, 0.2) is 11.5 Å². The van der Waals surface area contributed by atoms with Crippen LogP contribution in [0.5, 0.6) is 11.5 Å². The lowest BCUT2D eigenvalue weighted by Crippen LogP contribution is -2.02. The van der Waals surface area contributed by atoms with E-state index in [-0.39, 0.29) is 0 Å². The first-order chi connectivity index (χ1) is 9.33. The summed E-state index contributed by atoms with van der Waals surface area (Å²) < 4.78 is 11.3. The topological polar surface area (TPSA) is 43.4 Å². The Balaban J connectivity index is 2.05. The van der Waals surface area contributed by atoms with Gasteiger partial charge >= 0.3 is 0 Å². The van der Waals surface area contributed by atoms with Crippen LogP contribution in [-0.4, -0.2) is 18.6 Å². The number of aromatic nitrogens is 1. The third-order valence-corrected chi connectivity index (χ3v) is 2.59. The van der Waals surface area contributed by atoms with E-state index < -0.39 is 0 Å². The van der Waals surface area contributed by atoms with Crippen molar-refractivity contribution in [3.63, 3.8) is 0 Å². The standard InChI is InChI=1S/C15H18N2O2/c1-3-18-13-8-4-5-9-14(13)19-11-12-7-6-10-15(16-2)17-12/h4-10H,3,11H2,1-2H3,(H,16,17). The molecular formula is C15H18N2O2. The lowest BCUT2D eigenvalue weighted by molar-refractivity contribution is 0.266. The van der Waals surface area contributed by atoms with E-state index in [1.54, 1.807) is 0 Å². The Hall–Kier alpha value is -2.23. The molecular weight excluding hydrogens is 240 g/mol. The molecule has 2 aromatic rings. The Labute approximate surface area is 113 Å². The van der Waals surface area contributed by atoms with Crippen molar-refractivity contribution in [2.45, 2.75) is 13.5 Å². The Morgan fingerprint density at radius 2 is 1.74 bits per heavy atom. The van der Waals surface area contributed by atoms with E-state index in [1.165, 1.54) is 0 Å². The second kappa shape index (κ2) is 6.64. The van der Waals surface area contributed by atoms with Gasteiger partial charge in [0.25, 0.3) is 0 Å². The lowest BCUT2D eigenvalue weighted by Gasteiger charge is -2.11. The van der Waals surface area contributed by atoms with Crippen molar-refractivity contribution in [1.29, 1.82) is 0 Å². The highest BCUT2D eigenvalue weighted by atomic mass is 16.5. The van der Waals surface area contributed by atoms with Crippen molar-refractivity contribution in [2.24, 2.45) is 0 Å². The average Bonchev–Trinajstić information content (AvgIpc) is 2.47. The Bertz CT molecular complexity index is 529. The quantitative estimate of drug-likeness (QED) is 0.864. The highest BCUT2D eigenvalue weighted by Gasteiger charge is 2.04. The highest BCUT2D eigenvalue weighted by molar-refractivity contribution is 5.39. The van der Waals surface area contributed by atoms with E-state index in [1.807, 2.05) is 56.4 Å². The number of pyridine rings is 1. The van der Waals surface area contributed by atoms with Crippen LogP contribution in [-0.2, 0) is 6.61 Å². The maximum absolute atomic E-state index is 5.76. The first kappa shape index (κ1) is 13.2. The molecule has 4 heteroatoms. The van der Waals surface area contributed by atoms with Crippen LogP contribution >= 0.6 is 0 Å². The molecule has 4 nitrogen and oxygen atoms in total. The second-order valence-corrected chi connectivity index (χ2v) is 3.93. The molecule has 0 radical (unpaired) electrons. The Kier molecular flexibility index (Phi) is 4.61. The number of hydrogen-bond donors (Lipinski definition) is 1. The maximum Gasteiger partial charge on any atom is 0.161 e. The van der Waals surface area contributed by atoms with Crippen molar-refractivity contribution in [3.05, 3.63) is 48.2 Å². The molecule has 1 heterocycles. The zero-order valence-electron chi connectivity index (χ0n) is 11.2. The van der Waals surface area contributed by atoms with Crippen LogP contribution in [0.3, 0.4) is 0 Å². The van der Waals surface area contributed by atoms with Gasteiger partial charge < -0.3 is 14.8 Å². The predicted octanol–water partition coefficient (Wildman–Crippen LogP) is 3.10. The minimum Gasteiger partial charge on any atom is -0.490 e. The van der Waals surface area contributed by atoms with E-state index in [0.29, 0.717) is 13.2 Å². The van der Waals surface area contributed by atoms with Gasteiger partial charge in [-0.15, -0.1) is 0 Å². The molecule has 1 N–H and O–H groups in total. The van der Waals surface area contributed by atoms with Gasteiger partial charge in [-0.05, 0) is 31.2 Å². The predicted molar refractivity (Wildman–Crippen MR) is 75.7 cm³/mol. The van der Waals surface area contributed by atoms with Gasteiger partial charge in [0.2, 0.25) is 0 Å². The van der Waals surface area contributed by atoms with Gasteiger partial charge in [-0.3, -0.25) is 0 Å². The van der Waals surface area contributed by atoms with Crippen LogP contribution in [0.4, 0.5) is 5.82 Å². The number of anilines is 1. The molecule has 0 spiro atoms. The lowest BCUT2D eigenvalue weighted by atomic mass is 10.3. The Morgan fingerprint density at radius 1 is 1.00 bits per heavy atom. The van der Waals surface area contributed by atoms with Crippen molar-refractivity contribution in [1.82, 2.24) is 4.98 Å². The summed E-state index contributed by atoms with van der Waals surface area (Å²) in [7, 11) is 1.84. The third-order valence-electron chi connectivity index (χ3n) is 2.59. The van der Waals surface area contributed by atoms with Crippen LogP contribution in [0, 0.1) is 0 Å². The van der Waals surface area contributed by atoms with E-state index in [0.717, 1.165) is 23.0 Å². The van der Waals surface area contributed by atoms with E-state index in [9.17, 15) is 0 Å². The van der Waals surface area contributed by atoms with Gasteiger partial charge in [0.05, 0.1) is 12.3 Å². The molecule has 0 aliphatic heterocycles. The molecule has 0 saturated carbocycles. The summed E-state index contributed by atoms with van der Waals surface area (Å²) in [5, 5.41) is 3.01. The van der Waals surface area contributed by atoms with E-state index in [2.05, 4.69) is 10.3 Å². The van der Waals surface area contributed by atoms with Crippen LogP contribution in [0.25, 0.3) is 0 Å². The number of rotatable bonds is 6. The van der Waals surface area contributed by atoms with Crippen molar-refractivity contribution in [2.75, 3.05) is 19.0 Å². The molecule has 1 aromatic heterocycles. The summed E-state index contributed by atoms with van der Waals surface area (Å²) in [5.74, 6) is 2.33. The monoisotopic (exact) mass is 258 g/mol. The summed E-state index contributed by atoms with van der Waals surface area (Å²) in [6.45, 7) is 2.99. The van der Waals surface area contributed by atoms with Crippen molar-refractivity contribution >= 4 is 5.82 Å². The number of ether oxygens (including phenoxy) is 2. The van der Waals surface area contributed by atoms with Crippen LogP contribution < -0.4 is 14.8 Å². The minimum absolute atomic E-state index is 0.416. The van der Waals surface area contributed by atoms with Gasteiger partial charge in [-0.1, -0.05) is 18.2 Å². The molecule has 0 aliphatic rings. The number of hydrogen-bond acceptors (Lipinski definition) is 4. The highest BCUT2D eigenvalue weighted by Crippen LogP contribution is 2.27. The summed E-state index contributed by atoms with van der Waals surface area (Å²) in [4.78, 5) is 4.41.